The van der Waals surface area contributed by atoms with Gasteiger partial charge in [-0.3, -0.25) is 0 Å². The Morgan fingerprint density at radius 1 is 1.12 bits per heavy atom. The first-order chi connectivity index (χ1) is 8.09. The first kappa shape index (κ1) is 11.9. The fraction of sp³-hybridized carbons (Fsp3) is 0.0769. The Morgan fingerprint density at radius 2 is 1.82 bits per heavy atom. The van der Waals surface area contributed by atoms with Crippen molar-refractivity contribution in [2.75, 3.05) is 17.7 Å². The minimum Gasteiger partial charge on any atom is -0.397 e. The largest absolute Gasteiger partial charge is 0.397 e. The molecule has 0 fully saturated rings. The van der Waals surface area contributed by atoms with Crippen LogP contribution in [0.15, 0.2) is 46.9 Å². The molecule has 0 aliphatic rings. The Labute approximate surface area is 108 Å². The highest BCUT2D eigenvalue weighted by Crippen LogP contribution is 2.33. The van der Waals surface area contributed by atoms with E-state index in [1.807, 2.05) is 36.2 Å². The third-order valence-corrected chi connectivity index (χ3v) is 3.24. The summed E-state index contributed by atoms with van der Waals surface area (Å²) in [4.78, 5) is 1.85. The lowest BCUT2D eigenvalue weighted by Gasteiger charge is -2.22. The number of rotatable bonds is 2. The average Bonchev–Trinajstić information content (AvgIpc) is 2.32. The molecule has 0 radical (unpaired) electrons. The average molecular weight is 295 g/mol. The molecule has 0 aliphatic heterocycles. The van der Waals surface area contributed by atoms with Gasteiger partial charge in [-0.2, -0.15) is 0 Å². The van der Waals surface area contributed by atoms with E-state index in [0.29, 0.717) is 11.4 Å². The van der Waals surface area contributed by atoms with Crippen molar-refractivity contribution in [3.63, 3.8) is 0 Å². The number of halogens is 2. The van der Waals surface area contributed by atoms with E-state index in [0.717, 1.165) is 10.2 Å². The number of para-hydroxylation sites is 1. The van der Waals surface area contributed by atoms with Crippen molar-refractivity contribution in [2.45, 2.75) is 0 Å². The molecule has 2 aromatic rings. The van der Waals surface area contributed by atoms with Gasteiger partial charge in [-0.1, -0.05) is 12.1 Å². The standard InChI is InChI=1S/C13H12BrFN2/c1-17(12-5-3-2-4-10(12)14)13-8-9(15)6-7-11(13)16/h2-8H,16H2,1H3. The van der Waals surface area contributed by atoms with E-state index in [-0.39, 0.29) is 5.82 Å². The number of nitrogens with two attached hydrogens (primary N) is 1. The van der Waals surface area contributed by atoms with Crippen molar-refractivity contribution in [3.8, 4) is 0 Å². The van der Waals surface area contributed by atoms with Crippen molar-refractivity contribution in [3.05, 3.63) is 52.8 Å². The highest BCUT2D eigenvalue weighted by Gasteiger charge is 2.10. The third-order valence-electron chi connectivity index (χ3n) is 2.57. The lowest BCUT2D eigenvalue weighted by atomic mass is 10.2. The molecule has 2 N–H and O–H groups in total. The summed E-state index contributed by atoms with van der Waals surface area (Å²) in [5.41, 5.74) is 7.99. The SMILES string of the molecule is CN(c1cc(F)ccc1N)c1ccccc1Br. The van der Waals surface area contributed by atoms with E-state index >= 15 is 0 Å². The van der Waals surface area contributed by atoms with E-state index in [1.165, 1.54) is 12.1 Å². The molecule has 2 rings (SSSR count). The molecule has 0 aromatic heterocycles. The van der Waals surface area contributed by atoms with E-state index in [2.05, 4.69) is 15.9 Å². The zero-order valence-corrected chi connectivity index (χ0v) is 10.9. The van der Waals surface area contributed by atoms with Crippen LogP contribution < -0.4 is 10.6 Å². The second-order valence-corrected chi connectivity index (χ2v) is 4.57. The lowest BCUT2D eigenvalue weighted by Crippen LogP contribution is -2.12. The van der Waals surface area contributed by atoms with Gasteiger partial charge in [0.2, 0.25) is 0 Å². The second-order valence-electron chi connectivity index (χ2n) is 3.71. The molecule has 0 bridgehead atoms. The number of anilines is 3. The van der Waals surface area contributed by atoms with Crippen LogP contribution in [0.25, 0.3) is 0 Å². The quantitative estimate of drug-likeness (QED) is 0.850. The molecular weight excluding hydrogens is 283 g/mol. The molecule has 88 valence electrons. The van der Waals surface area contributed by atoms with Crippen molar-refractivity contribution in [1.29, 1.82) is 0 Å². The molecule has 0 unspecified atom stereocenters. The predicted octanol–water partition coefficient (Wildman–Crippen LogP) is 3.94. The Hall–Kier alpha value is -1.55. The molecule has 0 atom stereocenters. The van der Waals surface area contributed by atoms with Gasteiger partial charge in [-0.25, -0.2) is 4.39 Å². The van der Waals surface area contributed by atoms with Gasteiger partial charge in [0, 0.05) is 11.5 Å². The normalized spacial score (nSPS) is 10.3. The number of benzene rings is 2. The van der Waals surface area contributed by atoms with Crippen LogP contribution >= 0.6 is 15.9 Å². The van der Waals surface area contributed by atoms with E-state index in [4.69, 9.17) is 5.73 Å². The van der Waals surface area contributed by atoms with Crippen LogP contribution in [0.5, 0.6) is 0 Å². The van der Waals surface area contributed by atoms with Crippen molar-refractivity contribution in [1.82, 2.24) is 0 Å². The molecule has 0 heterocycles. The van der Waals surface area contributed by atoms with Crippen LogP contribution in [0, 0.1) is 5.82 Å². The smallest absolute Gasteiger partial charge is 0.125 e. The first-order valence-electron chi connectivity index (χ1n) is 5.13. The molecule has 17 heavy (non-hydrogen) atoms. The van der Waals surface area contributed by atoms with Crippen molar-refractivity contribution in [2.24, 2.45) is 0 Å². The molecular formula is C13H12BrFN2. The summed E-state index contributed by atoms with van der Waals surface area (Å²) in [7, 11) is 1.85. The highest BCUT2D eigenvalue weighted by molar-refractivity contribution is 9.10. The van der Waals surface area contributed by atoms with Crippen LogP contribution in [-0.4, -0.2) is 7.05 Å². The zero-order chi connectivity index (χ0) is 12.4. The highest BCUT2D eigenvalue weighted by atomic mass is 79.9. The van der Waals surface area contributed by atoms with Crippen LogP contribution in [0.3, 0.4) is 0 Å². The summed E-state index contributed by atoms with van der Waals surface area (Å²) in [6, 6.07) is 12.1. The fourth-order valence-corrected chi connectivity index (χ4v) is 2.21. The molecule has 4 heteroatoms. The number of nitrogens with zero attached hydrogens (tertiary/aromatic N) is 1. The zero-order valence-electron chi connectivity index (χ0n) is 9.32. The van der Waals surface area contributed by atoms with Gasteiger partial charge in [0.25, 0.3) is 0 Å². The Morgan fingerprint density at radius 3 is 2.53 bits per heavy atom. The van der Waals surface area contributed by atoms with Crippen LogP contribution in [-0.2, 0) is 0 Å². The summed E-state index contributed by atoms with van der Waals surface area (Å²) in [5.74, 6) is -0.298. The predicted molar refractivity (Wildman–Crippen MR) is 73.0 cm³/mol. The van der Waals surface area contributed by atoms with Gasteiger partial charge in [0.15, 0.2) is 0 Å². The number of hydrogen-bond donors (Lipinski definition) is 1. The molecule has 0 aliphatic carbocycles. The Balaban J connectivity index is 2.47. The molecule has 0 saturated heterocycles. The maximum absolute atomic E-state index is 13.2. The minimum absolute atomic E-state index is 0.298. The van der Waals surface area contributed by atoms with Gasteiger partial charge in [-0.15, -0.1) is 0 Å². The number of hydrogen-bond acceptors (Lipinski definition) is 2. The minimum atomic E-state index is -0.298. The van der Waals surface area contributed by atoms with Crippen LogP contribution in [0.4, 0.5) is 21.5 Å². The molecule has 2 aromatic carbocycles. The van der Waals surface area contributed by atoms with Crippen LogP contribution in [0.2, 0.25) is 0 Å². The summed E-state index contributed by atoms with van der Waals surface area (Å²) < 4.78 is 14.2. The second kappa shape index (κ2) is 4.75. The van der Waals surface area contributed by atoms with E-state index in [1.54, 1.807) is 6.07 Å². The third kappa shape index (κ3) is 2.42. The monoisotopic (exact) mass is 294 g/mol. The van der Waals surface area contributed by atoms with Crippen molar-refractivity contribution < 1.29 is 4.39 Å². The summed E-state index contributed by atoms with van der Waals surface area (Å²) in [6.07, 6.45) is 0. The van der Waals surface area contributed by atoms with Crippen LogP contribution in [0.1, 0.15) is 0 Å². The maximum atomic E-state index is 13.2. The van der Waals surface area contributed by atoms with Gasteiger partial charge in [0.05, 0.1) is 17.1 Å². The number of nitrogen functional groups attached to an aromatic ring is 1. The molecule has 0 amide bonds. The molecule has 0 saturated carbocycles. The topological polar surface area (TPSA) is 29.3 Å². The van der Waals surface area contributed by atoms with Gasteiger partial charge >= 0.3 is 0 Å². The van der Waals surface area contributed by atoms with Gasteiger partial charge < -0.3 is 10.6 Å². The maximum Gasteiger partial charge on any atom is 0.125 e. The molecule has 0 spiro atoms. The summed E-state index contributed by atoms with van der Waals surface area (Å²) in [5, 5.41) is 0. The van der Waals surface area contributed by atoms with Crippen molar-refractivity contribution >= 4 is 33.0 Å². The van der Waals surface area contributed by atoms with E-state index < -0.39 is 0 Å². The van der Waals surface area contributed by atoms with Gasteiger partial charge in [0.1, 0.15) is 5.82 Å². The summed E-state index contributed by atoms with van der Waals surface area (Å²) in [6.45, 7) is 0. The first-order valence-corrected chi connectivity index (χ1v) is 5.92. The Kier molecular flexibility index (Phi) is 3.33. The summed E-state index contributed by atoms with van der Waals surface area (Å²) >= 11 is 3.46. The van der Waals surface area contributed by atoms with Gasteiger partial charge in [-0.05, 0) is 46.3 Å². The molecule has 2 nitrogen and oxygen atoms in total. The Bertz CT molecular complexity index is 543. The fourth-order valence-electron chi connectivity index (χ4n) is 1.66. The van der Waals surface area contributed by atoms with E-state index in [9.17, 15) is 4.39 Å². The lowest BCUT2D eigenvalue weighted by molar-refractivity contribution is 0.628.